The van der Waals surface area contributed by atoms with E-state index < -0.39 is 0 Å². The maximum absolute atomic E-state index is 6.14. The van der Waals surface area contributed by atoms with Gasteiger partial charge in [-0.1, -0.05) is 6.92 Å². The molecular formula is C11H22N2. The number of piperidine rings is 1. The second-order valence-electron chi connectivity index (χ2n) is 5.32. The maximum atomic E-state index is 6.14. The Labute approximate surface area is 81.5 Å². The Morgan fingerprint density at radius 2 is 2.00 bits per heavy atom. The monoisotopic (exact) mass is 182 g/mol. The third-order valence-electron chi connectivity index (χ3n) is 3.66. The van der Waals surface area contributed by atoms with E-state index in [1.54, 1.807) is 0 Å². The maximum Gasteiger partial charge on any atom is 0.0284 e. The molecular weight excluding hydrogens is 160 g/mol. The van der Waals surface area contributed by atoms with Crippen LogP contribution in [0.25, 0.3) is 0 Å². The highest BCUT2D eigenvalue weighted by atomic mass is 15.2. The molecule has 2 atom stereocenters. The van der Waals surface area contributed by atoms with Gasteiger partial charge in [-0.15, -0.1) is 0 Å². The van der Waals surface area contributed by atoms with Gasteiger partial charge in [-0.2, -0.15) is 0 Å². The molecule has 0 aromatic carbocycles. The van der Waals surface area contributed by atoms with Crippen molar-refractivity contribution < 1.29 is 0 Å². The van der Waals surface area contributed by atoms with Crippen molar-refractivity contribution in [3.05, 3.63) is 0 Å². The van der Waals surface area contributed by atoms with Crippen LogP contribution in [-0.2, 0) is 0 Å². The minimum atomic E-state index is 0.200. The molecule has 0 aromatic rings. The fourth-order valence-electron chi connectivity index (χ4n) is 2.32. The molecule has 0 radical (unpaired) electrons. The quantitative estimate of drug-likeness (QED) is 0.703. The van der Waals surface area contributed by atoms with Crippen molar-refractivity contribution in [1.29, 1.82) is 0 Å². The van der Waals surface area contributed by atoms with Crippen LogP contribution in [0.5, 0.6) is 0 Å². The van der Waals surface area contributed by atoms with Crippen LogP contribution in [0.2, 0.25) is 0 Å². The van der Waals surface area contributed by atoms with Crippen molar-refractivity contribution in [2.75, 3.05) is 13.1 Å². The molecule has 2 heteroatoms. The summed E-state index contributed by atoms with van der Waals surface area (Å²) < 4.78 is 0. The summed E-state index contributed by atoms with van der Waals surface area (Å²) in [6.45, 7) is 7.10. The van der Waals surface area contributed by atoms with Crippen LogP contribution in [0.1, 0.15) is 39.5 Å². The summed E-state index contributed by atoms with van der Waals surface area (Å²) >= 11 is 0. The van der Waals surface area contributed by atoms with Gasteiger partial charge in [0.25, 0.3) is 0 Å². The third-order valence-corrected chi connectivity index (χ3v) is 3.66. The van der Waals surface area contributed by atoms with Crippen LogP contribution in [-0.4, -0.2) is 29.6 Å². The highest BCUT2D eigenvalue weighted by molar-refractivity contribution is 5.02. The van der Waals surface area contributed by atoms with Crippen LogP contribution in [0.15, 0.2) is 0 Å². The van der Waals surface area contributed by atoms with Crippen LogP contribution >= 0.6 is 0 Å². The minimum absolute atomic E-state index is 0.200. The van der Waals surface area contributed by atoms with Gasteiger partial charge in [-0.25, -0.2) is 0 Å². The average molecular weight is 182 g/mol. The first-order valence-corrected chi connectivity index (χ1v) is 5.62. The van der Waals surface area contributed by atoms with E-state index in [2.05, 4.69) is 18.7 Å². The topological polar surface area (TPSA) is 29.3 Å². The van der Waals surface area contributed by atoms with Gasteiger partial charge in [-0.05, 0) is 38.5 Å². The number of nitrogens with two attached hydrogens (primary N) is 1. The normalized spacial score (nSPS) is 39.0. The fraction of sp³-hybridized carbons (Fsp3) is 1.00. The van der Waals surface area contributed by atoms with Crippen molar-refractivity contribution >= 4 is 0 Å². The Balaban J connectivity index is 1.88. The lowest BCUT2D eigenvalue weighted by Crippen LogP contribution is -2.48. The van der Waals surface area contributed by atoms with Crippen molar-refractivity contribution in [2.24, 2.45) is 11.7 Å². The second kappa shape index (κ2) is 3.25. The van der Waals surface area contributed by atoms with Crippen molar-refractivity contribution in [1.82, 2.24) is 4.90 Å². The van der Waals surface area contributed by atoms with Gasteiger partial charge < -0.3 is 5.73 Å². The molecule has 2 nitrogen and oxygen atoms in total. The molecule has 1 heterocycles. The first-order valence-electron chi connectivity index (χ1n) is 5.62. The van der Waals surface area contributed by atoms with E-state index in [9.17, 15) is 0 Å². The number of hydrogen-bond donors (Lipinski definition) is 1. The summed E-state index contributed by atoms with van der Waals surface area (Å²) in [6.07, 6.45) is 5.24. The Bertz CT molecular complexity index is 187. The minimum Gasteiger partial charge on any atom is -0.324 e. The first-order chi connectivity index (χ1) is 6.09. The Hall–Kier alpha value is -0.0800. The second-order valence-corrected chi connectivity index (χ2v) is 5.32. The first kappa shape index (κ1) is 9.47. The lowest BCUT2D eigenvalue weighted by atomic mass is 9.94. The SMILES string of the molecule is CC1CCC(C)N(CC2(N)CC2)C1. The Morgan fingerprint density at radius 3 is 2.62 bits per heavy atom. The summed E-state index contributed by atoms with van der Waals surface area (Å²) in [7, 11) is 0. The average Bonchev–Trinajstić information content (AvgIpc) is 2.76. The fourth-order valence-corrected chi connectivity index (χ4v) is 2.32. The van der Waals surface area contributed by atoms with E-state index in [0.29, 0.717) is 0 Å². The van der Waals surface area contributed by atoms with E-state index in [0.717, 1.165) is 18.5 Å². The smallest absolute Gasteiger partial charge is 0.0284 e. The van der Waals surface area contributed by atoms with Gasteiger partial charge in [0, 0.05) is 24.7 Å². The number of hydrogen-bond acceptors (Lipinski definition) is 2. The molecule has 2 aliphatic rings. The molecule has 0 amide bonds. The van der Waals surface area contributed by atoms with E-state index >= 15 is 0 Å². The predicted octanol–water partition coefficient (Wildman–Crippen LogP) is 1.60. The van der Waals surface area contributed by atoms with Crippen molar-refractivity contribution in [3.8, 4) is 0 Å². The Morgan fingerprint density at radius 1 is 1.31 bits per heavy atom. The molecule has 0 aromatic heterocycles. The molecule has 2 rings (SSSR count). The molecule has 2 N–H and O–H groups in total. The molecule has 1 aliphatic carbocycles. The summed E-state index contributed by atoms with van der Waals surface area (Å²) in [5.74, 6) is 0.874. The van der Waals surface area contributed by atoms with Gasteiger partial charge in [0.1, 0.15) is 0 Å². The summed E-state index contributed by atoms with van der Waals surface area (Å²) in [6, 6.07) is 0.761. The highest BCUT2D eigenvalue weighted by Gasteiger charge is 2.41. The summed E-state index contributed by atoms with van der Waals surface area (Å²) in [5, 5.41) is 0. The molecule has 13 heavy (non-hydrogen) atoms. The van der Waals surface area contributed by atoms with Crippen molar-refractivity contribution in [2.45, 2.75) is 51.1 Å². The number of nitrogens with zero attached hydrogens (tertiary/aromatic N) is 1. The van der Waals surface area contributed by atoms with Crippen LogP contribution in [0.3, 0.4) is 0 Å². The largest absolute Gasteiger partial charge is 0.324 e. The molecule has 0 spiro atoms. The third kappa shape index (κ3) is 2.23. The number of likely N-dealkylation sites (tertiary alicyclic amines) is 1. The van der Waals surface area contributed by atoms with Crippen LogP contribution in [0.4, 0.5) is 0 Å². The number of rotatable bonds is 2. The molecule has 76 valence electrons. The van der Waals surface area contributed by atoms with E-state index in [4.69, 9.17) is 5.73 Å². The zero-order chi connectivity index (χ0) is 9.47. The molecule has 1 aliphatic heterocycles. The highest BCUT2D eigenvalue weighted by Crippen LogP contribution is 2.35. The summed E-state index contributed by atoms with van der Waals surface area (Å²) in [5.41, 5.74) is 6.34. The van der Waals surface area contributed by atoms with Gasteiger partial charge >= 0.3 is 0 Å². The zero-order valence-corrected chi connectivity index (χ0v) is 8.92. The lowest BCUT2D eigenvalue weighted by molar-refractivity contribution is 0.114. The van der Waals surface area contributed by atoms with Gasteiger partial charge in [0.05, 0.1) is 0 Å². The standard InChI is InChI=1S/C11H22N2/c1-9-3-4-10(2)13(7-9)8-11(12)5-6-11/h9-10H,3-8,12H2,1-2H3. The Kier molecular flexibility index (Phi) is 2.37. The van der Waals surface area contributed by atoms with Gasteiger partial charge in [-0.3, -0.25) is 4.90 Å². The lowest BCUT2D eigenvalue weighted by Gasteiger charge is -2.38. The molecule has 2 fully saturated rings. The zero-order valence-electron chi connectivity index (χ0n) is 8.92. The molecule has 1 saturated heterocycles. The van der Waals surface area contributed by atoms with E-state index in [-0.39, 0.29) is 5.54 Å². The summed E-state index contributed by atoms with van der Waals surface area (Å²) in [4.78, 5) is 2.60. The molecule has 1 saturated carbocycles. The van der Waals surface area contributed by atoms with E-state index in [1.807, 2.05) is 0 Å². The predicted molar refractivity (Wildman–Crippen MR) is 55.6 cm³/mol. The molecule has 2 unspecified atom stereocenters. The van der Waals surface area contributed by atoms with Crippen molar-refractivity contribution in [3.63, 3.8) is 0 Å². The molecule has 0 bridgehead atoms. The van der Waals surface area contributed by atoms with Gasteiger partial charge in [0.15, 0.2) is 0 Å². The van der Waals surface area contributed by atoms with Crippen LogP contribution < -0.4 is 5.73 Å². The van der Waals surface area contributed by atoms with E-state index in [1.165, 1.54) is 32.2 Å². The van der Waals surface area contributed by atoms with Gasteiger partial charge in [0.2, 0.25) is 0 Å². The van der Waals surface area contributed by atoms with Crippen LogP contribution in [0, 0.1) is 5.92 Å².